The van der Waals surface area contributed by atoms with Crippen LogP contribution < -0.4 is 10.6 Å². The summed E-state index contributed by atoms with van der Waals surface area (Å²) >= 11 is 0. The second-order valence-electron chi connectivity index (χ2n) is 4.46. The average molecular weight is 289 g/mol. The van der Waals surface area contributed by atoms with Crippen molar-refractivity contribution in [3.05, 3.63) is 0 Å². The van der Waals surface area contributed by atoms with Crippen molar-refractivity contribution in [3.8, 4) is 0 Å². The van der Waals surface area contributed by atoms with Crippen molar-refractivity contribution in [2.24, 2.45) is 0 Å². The van der Waals surface area contributed by atoms with Crippen LogP contribution in [0.4, 0.5) is 4.79 Å². The largest absolute Gasteiger partial charge is 0.480 e. The number of nitrogens with one attached hydrogen (secondary N) is 2. The lowest BCUT2D eigenvalue weighted by atomic mass is 10.1. The Morgan fingerprint density at radius 1 is 1.30 bits per heavy atom. The quantitative estimate of drug-likeness (QED) is 0.503. The van der Waals surface area contributed by atoms with Gasteiger partial charge in [-0.3, -0.25) is 4.79 Å². The first-order valence-corrected chi connectivity index (χ1v) is 6.34. The molecule has 0 saturated carbocycles. The Kier molecular flexibility index (Phi) is 9.10. The van der Waals surface area contributed by atoms with Crippen LogP contribution in [-0.2, 0) is 14.3 Å². The molecule has 8 nitrogen and oxygen atoms in total. The number of carboxylic acid groups (broad SMARTS) is 1. The van der Waals surface area contributed by atoms with Crippen molar-refractivity contribution < 1.29 is 24.2 Å². The predicted octanol–water partition coefficient (Wildman–Crippen LogP) is -0.356. The highest BCUT2D eigenvalue weighted by atomic mass is 16.5. The summed E-state index contributed by atoms with van der Waals surface area (Å²) < 4.78 is 4.83. The monoisotopic (exact) mass is 289 g/mol. The maximum absolute atomic E-state index is 11.5. The molecule has 0 saturated heterocycles. The molecule has 0 aliphatic carbocycles. The Morgan fingerprint density at radius 2 is 1.95 bits per heavy atom. The number of hydrogen-bond donors (Lipinski definition) is 3. The van der Waals surface area contributed by atoms with Crippen molar-refractivity contribution >= 4 is 17.9 Å². The molecule has 0 aromatic carbocycles. The molecule has 0 radical (unpaired) electrons. The topological polar surface area (TPSA) is 108 Å². The first-order valence-electron chi connectivity index (χ1n) is 6.34. The van der Waals surface area contributed by atoms with Gasteiger partial charge in [-0.05, 0) is 12.8 Å². The Bertz CT molecular complexity index is 333. The lowest BCUT2D eigenvalue weighted by molar-refractivity contribution is -0.139. The second-order valence-corrected chi connectivity index (χ2v) is 4.46. The van der Waals surface area contributed by atoms with Crippen LogP contribution >= 0.6 is 0 Å². The van der Waals surface area contributed by atoms with Crippen LogP contribution in [0.25, 0.3) is 0 Å². The SMILES string of the molecule is COCCCC(NC(=O)NCCC(=O)N(C)C)C(=O)O. The van der Waals surface area contributed by atoms with Crippen molar-refractivity contribution in [1.29, 1.82) is 0 Å². The van der Waals surface area contributed by atoms with E-state index in [9.17, 15) is 14.4 Å². The van der Waals surface area contributed by atoms with Crippen LogP contribution in [0.5, 0.6) is 0 Å². The minimum absolute atomic E-state index is 0.111. The maximum atomic E-state index is 11.5. The molecule has 0 bridgehead atoms. The van der Waals surface area contributed by atoms with Gasteiger partial charge in [0.05, 0.1) is 0 Å². The van der Waals surface area contributed by atoms with Gasteiger partial charge >= 0.3 is 12.0 Å². The van der Waals surface area contributed by atoms with E-state index in [4.69, 9.17) is 9.84 Å². The third-order valence-electron chi connectivity index (χ3n) is 2.57. The lowest BCUT2D eigenvalue weighted by Crippen LogP contribution is -2.46. The van der Waals surface area contributed by atoms with Gasteiger partial charge in [-0.1, -0.05) is 0 Å². The second kappa shape index (κ2) is 10.0. The van der Waals surface area contributed by atoms with Gasteiger partial charge in [0.2, 0.25) is 5.91 Å². The Balaban J connectivity index is 4.01. The number of hydrogen-bond acceptors (Lipinski definition) is 4. The third-order valence-corrected chi connectivity index (χ3v) is 2.57. The molecule has 1 atom stereocenters. The zero-order valence-corrected chi connectivity index (χ0v) is 12.1. The highest BCUT2D eigenvalue weighted by Crippen LogP contribution is 1.98. The highest BCUT2D eigenvalue weighted by molar-refractivity contribution is 5.83. The third kappa shape index (κ3) is 8.30. The number of rotatable bonds is 9. The summed E-state index contributed by atoms with van der Waals surface area (Å²) in [6.07, 6.45) is 0.988. The van der Waals surface area contributed by atoms with E-state index in [1.165, 1.54) is 12.0 Å². The van der Waals surface area contributed by atoms with Crippen LogP contribution in [0.2, 0.25) is 0 Å². The van der Waals surface area contributed by atoms with Gasteiger partial charge in [0.1, 0.15) is 6.04 Å². The van der Waals surface area contributed by atoms with E-state index in [0.29, 0.717) is 13.0 Å². The van der Waals surface area contributed by atoms with Gasteiger partial charge in [0, 0.05) is 40.8 Å². The minimum Gasteiger partial charge on any atom is -0.480 e. The van der Waals surface area contributed by atoms with Gasteiger partial charge < -0.3 is 25.4 Å². The van der Waals surface area contributed by atoms with Crippen molar-refractivity contribution in [3.63, 3.8) is 0 Å². The van der Waals surface area contributed by atoms with Crippen LogP contribution in [0.3, 0.4) is 0 Å². The molecular formula is C12H23N3O5. The number of urea groups is 1. The average Bonchev–Trinajstić information content (AvgIpc) is 2.37. The van der Waals surface area contributed by atoms with E-state index in [-0.39, 0.29) is 25.3 Å². The molecule has 0 aliphatic rings. The smallest absolute Gasteiger partial charge is 0.326 e. The number of carboxylic acids is 1. The number of amides is 3. The standard InChI is InChI=1S/C12H23N3O5/c1-15(2)10(16)6-7-13-12(19)14-9(11(17)18)5-4-8-20-3/h9H,4-8H2,1-3H3,(H,17,18)(H2,13,14,19). The molecule has 0 fully saturated rings. The number of methoxy groups -OCH3 is 1. The summed E-state index contributed by atoms with van der Waals surface area (Å²) in [6.45, 7) is 0.595. The van der Waals surface area contributed by atoms with Crippen LogP contribution in [0.1, 0.15) is 19.3 Å². The molecule has 1 unspecified atom stereocenters. The highest BCUT2D eigenvalue weighted by Gasteiger charge is 2.19. The number of aliphatic carboxylic acids is 1. The summed E-state index contributed by atoms with van der Waals surface area (Å²) in [5.74, 6) is -1.21. The van der Waals surface area contributed by atoms with E-state index < -0.39 is 18.0 Å². The van der Waals surface area contributed by atoms with E-state index in [2.05, 4.69) is 10.6 Å². The van der Waals surface area contributed by atoms with Gasteiger partial charge in [0.25, 0.3) is 0 Å². The molecule has 0 aliphatic heterocycles. The van der Waals surface area contributed by atoms with E-state index >= 15 is 0 Å². The molecule has 0 aromatic heterocycles. The van der Waals surface area contributed by atoms with E-state index in [0.717, 1.165) is 0 Å². The normalized spacial score (nSPS) is 11.6. The number of ether oxygens (including phenoxy) is 1. The first kappa shape index (κ1) is 18.2. The summed E-state index contributed by atoms with van der Waals surface area (Å²) in [5, 5.41) is 13.8. The predicted molar refractivity (Wildman–Crippen MR) is 72.4 cm³/mol. The summed E-state index contributed by atoms with van der Waals surface area (Å²) in [5.41, 5.74) is 0. The molecule has 0 rings (SSSR count). The van der Waals surface area contributed by atoms with Gasteiger partial charge in [-0.25, -0.2) is 9.59 Å². The number of carbonyl (C=O) groups excluding carboxylic acids is 2. The fraction of sp³-hybridized carbons (Fsp3) is 0.750. The van der Waals surface area contributed by atoms with Crippen LogP contribution in [0.15, 0.2) is 0 Å². The number of carbonyl (C=O) groups is 3. The molecule has 8 heteroatoms. The molecule has 0 spiro atoms. The number of nitrogens with zero attached hydrogens (tertiary/aromatic N) is 1. The van der Waals surface area contributed by atoms with Gasteiger partial charge in [0.15, 0.2) is 0 Å². The molecule has 0 aromatic rings. The van der Waals surface area contributed by atoms with Gasteiger partial charge in [-0.15, -0.1) is 0 Å². The summed E-state index contributed by atoms with van der Waals surface area (Å²) in [4.78, 5) is 35.2. The maximum Gasteiger partial charge on any atom is 0.326 e. The first-order chi connectivity index (χ1) is 9.38. The Hall–Kier alpha value is -1.83. The van der Waals surface area contributed by atoms with Crippen molar-refractivity contribution in [2.45, 2.75) is 25.3 Å². The zero-order valence-electron chi connectivity index (χ0n) is 12.1. The van der Waals surface area contributed by atoms with Crippen LogP contribution in [-0.4, -0.2) is 68.3 Å². The van der Waals surface area contributed by atoms with Crippen LogP contribution in [0, 0.1) is 0 Å². The van der Waals surface area contributed by atoms with E-state index in [1.807, 2.05) is 0 Å². The summed E-state index contributed by atoms with van der Waals surface area (Å²) in [6, 6.07) is -1.56. The molecule has 20 heavy (non-hydrogen) atoms. The fourth-order valence-corrected chi connectivity index (χ4v) is 1.41. The molecule has 0 heterocycles. The van der Waals surface area contributed by atoms with Crippen molar-refractivity contribution in [2.75, 3.05) is 34.4 Å². The lowest BCUT2D eigenvalue weighted by Gasteiger charge is -2.15. The summed E-state index contributed by atoms with van der Waals surface area (Å²) in [7, 11) is 4.77. The molecular weight excluding hydrogens is 266 g/mol. The van der Waals surface area contributed by atoms with Gasteiger partial charge in [-0.2, -0.15) is 0 Å². The molecule has 3 N–H and O–H groups in total. The zero-order chi connectivity index (χ0) is 15.5. The Morgan fingerprint density at radius 3 is 2.45 bits per heavy atom. The van der Waals surface area contributed by atoms with Crippen molar-refractivity contribution in [1.82, 2.24) is 15.5 Å². The van der Waals surface area contributed by atoms with E-state index in [1.54, 1.807) is 14.1 Å². The fourth-order valence-electron chi connectivity index (χ4n) is 1.41. The molecule has 116 valence electrons. The Labute approximate surface area is 118 Å². The molecule has 3 amide bonds. The minimum atomic E-state index is -1.10.